The lowest BCUT2D eigenvalue weighted by atomic mass is 10.1. The molecule has 55 heavy (non-hydrogen) atoms. The Labute approximate surface area is 341 Å². The van der Waals surface area contributed by atoms with Gasteiger partial charge in [0.05, 0.1) is 0 Å². The summed E-state index contributed by atoms with van der Waals surface area (Å²) in [6, 6.07) is 0. The van der Waals surface area contributed by atoms with E-state index < -0.39 is 6.10 Å². The Hall–Kier alpha value is -2.11. The Bertz CT molecular complexity index is 896. The highest BCUT2D eigenvalue weighted by atomic mass is 16.6. The maximum absolute atomic E-state index is 12.7. The number of carbonyl (C=O) groups is 3. The van der Waals surface area contributed by atoms with Crippen LogP contribution in [0.1, 0.15) is 252 Å². The predicted molar refractivity (Wildman–Crippen MR) is 233 cm³/mol. The molecule has 0 fully saturated rings. The average molecular weight is 775 g/mol. The first-order chi connectivity index (χ1) is 27.0. The molecule has 0 spiro atoms. The number of unbranched alkanes of at least 4 members (excludes halogenated alkanes) is 28. The van der Waals surface area contributed by atoms with Crippen molar-refractivity contribution in [2.24, 2.45) is 0 Å². The molecule has 0 unspecified atom stereocenters. The number of rotatable bonds is 43. The summed E-state index contributed by atoms with van der Waals surface area (Å²) in [5.74, 6) is -0.887. The van der Waals surface area contributed by atoms with Crippen LogP contribution < -0.4 is 0 Å². The molecule has 1 atom stereocenters. The van der Waals surface area contributed by atoms with Gasteiger partial charge in [-0.05, 0) is 64.2 Å². The van der Waals surface area contributed by atoms with Crippen molar-refractivity contribution in [2.75, 3.05) is 13.2 Å². The van der Waals surface area contributed by atoms with E-state index in [4.69, 9.17) is 14.2 Å². The fraction of sp³-hybridized carbons (Fsp3) is 0.857. The quantitative estimate of drug-likeness (QED) is 0.0266. The summed E-state index contributed by atoms with van der Waals surface area (Å²) in [5.41, 5.74) is 0. The fourth-order valence-corrected chi connectivity index (χ4v) is 6.77. The molecule has 6 nitrogen and oxygen atoms in total. The van der Waals surface area contributed by atoms with Crippen LogP contribution in [0.25, 0.3) is 0 Å². The number of carbonyl (C=O) groups excluding carboxylic acids is 3. The van der Waals surface area contributed by atoms with Crippen molar-refractivity contribution in [3.63, 3.8) is 0 Å². The second kappa shape index (κ2) is 44.6. The molecule has 0 amide bonds. The minimum Gasteiger partial charge on any atom is -0.462 e. The van der Waals surface area contributed by atoms with Crippen LogP contribution in [0, 0.1) is 0 Å². The molecule has 0 aliphatic rings. The van der Waals surface area contributed by atoms with Crippen LogP contribution >= 0.6 is 0 Å². The molecule has 0 aliphatic carbocycles. The molecule has 0 heterocycles. The minimum atomic E-state index is -0.772. The van der Waals surface area contributed by atoms with Crippen molar-refractivity contribution in [3.8, 4) is 0 Å². The van der Waals surface area contributed by atoms with Crippen LogP contribution in [0.15, 0.2) is 24.3 Å². The largest absolute Gasteiger partial charge is 0.462 e. The third-order valence-electron chi connectivity index (χ3n) is 10.4. The lowest BCUT2D eigenvalue weighted by Crippen LogP contribution is -2.30. The third-order valence-corrected chi connectivity index (χ3v) is 10.4. The monoisotopic (exact) mass is 775 g/mol. The predicted octanol–water partition coefficient (Wildman–Crippen LogP) is 15.2. The van der Waals surface area contributed by atoms with Gasteiger partial charge in [0, 0.05) is 19.3 Å². The van der Waals surface area contributed by atoms with Gasteiger partial charge in [0.15, 0.2) is 6.10 Å². The first-order valence-electron chi connectivity index (χ1n) is 23.8. The molecule has 0 N–H and O–H groups in total. The highest BCUT2D eigenvalue weighted by Crippen LogP contribution is 2.14. The highest BCUT2D eigenvalue weighted by molar-refractivity contribution is 5.71. The van der Waals surface area contributed by atoms with Gasteiger partial charge in [-0.15, -0.1) is 0 Å². The Morgan fingerprint density at radius 2 is 0.618 bits per heavy atom. The summed E-state index contributed by atoms with van der Waals surface area (Å²) >= 11 is 0. The van der Waals surface area contributed by atoms with Gasteiger partial charge in [-0.1, -0.05) is 193 Å². The molecular formula is C49H90O6. The van der Waals surface area contributed by atoms with E-state index in [1.807, 2.05) is 0 Å². The van der Waals surface area contributed by atoms with Gasteiger partial charge in [0.25, 0.3) is 0 Å². The molecule has 0 saturated heterocycles. The van der Waals surface area contributed by atoms with Crippen molar-refractivity contribution < 1.29 is 28.6 Å². The minimum absolute atomic E-state index is 0.0743. The molecule has 0 radical (unpaired) electrons. The van der Waals surface area contributed by atoms with E-state index >= 15 is 0 Å². The standard InChI is InChI=1S/C49H90O6/c1-4-7-10-13-16-19-22-23-24-25-28-30-33-36-39-42-48(51)54-45-46(55-49(52)43-40-37-34-31-27-21-18-15-12-9-6-3)44-53-47(50)41-38-35-32-29-26-20-17-14-11-8-5-2/h15,18,23-24,46H,4-14,16-17,19-22,25-45H2,1-3H3/b18-15-,24-23-/t46-/m0/s1. The van der Waals surface area contributed by atoms with Crippen molar-refractivity contribution in [2.45, 2.75) is 258 Å². The van der Waals surface area contributed by atoms with Gasteiger partial charge in [0.2, 0.25) is 0 Å². The van der Waals surface area contributed by atoms with Crippen LogP contribution in [-0.2, 0) is 28.6 Å². The van der Waals surface area contributed by atoms with Crippen LogP contribution in [0.4, 0.5) is 0 Å². The van der Waals surface area contributed by atoms with Gasteiger partial charge in [-0.2, -0.15) is 0 Å². The summed E-state index contributed by atoms with van der Waals surface area (Å²) in [4.78, 5) is 37.7. The molecule has 0 bridgehead atoms. The SMILES string of the molecule is CCCC/C=C\CCCCCCCC(=O)O[C@H](COC(=O)CCCCCCC/C=C\CCCCCCCC)COC(=O)CCCCCCCCCCCCC. The maximum atomic E-state index is 12.7. The molecule has 0 aliphatic heterocycles. The Morgan fingerprint density at radius 1 is 0.345 bits per heavy atom. The van der Waals surface area contributed by atoms with Gasteiger partial charge < -0.3 is 14.2 Å². The molecule has 0 saturated carbocycles. The second-order valence-corrected chi connectivity index (χ2v) is 16.0. The lowest BCUT2D eigenvalue weighted by molar-refractivity contribution is -0.167. The van der Waals surface area contributed by atoms with Crippen LogP contribution in [0.2, 0.25) is 0 Å². The Morgan fingerprint density at radius 3 is 0.964 bits per heavy atom. The number of ether oxygens (including phenoxy) is 3. The van der Waals surface area contributed by atoms with E-state index in [0.717, 1.165) is 77.0 Å². The van der Waals surface area contributed by atoms with Gasteiger partial charge in [-0.25, -0.2) is 0 Å². The van der Waals surface area contributed by atoms with E-state index in [-0.39, 0.29) is 31.1 Å². The fourth-order valence-electron chi connectivity index (χ4n) is 6.77. The summed E-state index contributed by atoms with van der Waals surface area (Å²) in [6.45, 7) is 6.58. The van der Waals surface area contributed by atoms with E-state index in [1.165, 1.54) is 135 Å². The molecule has 322 valence electrons. The normalized spacial score (nSPS) is 12.1. The zero-order chi connectivity index (χ0) is 40.1. The van der Waals surface area contributed by atoms with Gasteiger partial charge in [0.1, 0.15) is 13.2 Å². The van der Waals surface area contributed by atoms with Crippen molar-refractivity contribution in [1.29, 1.82) is 0 Å². The summed E-state index contributed by atoms with van der Waals surface area (Å²) in [7, 11) is 0. The van der Waals surface area contributed by atoms with Crippen LogP contribution in [0.5, 0.6) is 0 Å². The number of hydrogen-bond donors (Lipinski definition) is 0. The van der Waals surface area contributed by atoms with Crippen molar-refractivity contribution in [3.05, 3.63) is 24.3 Å². The average Bonchev–Trinajstić information content (AvgIpc) is 3.18. The second-order valence-electron chi connectivity index (χ2n) is 16.0. The topological polar surface area (TPSA) is 78.9 Å². The lowest BCUT2D eigenvalue weighted by Gasteiger charge is -2.18. The summed E-state index contributed by atoms with van der Waals surface area (Å²) < 4.78 is 16.7. The first kappa shape index (κ1) is 52.9. The van der Waals surface area contributed by atoms with Crippen LogP contribution in [0.3, 0.4) is 0 Å². The zero-order valence-corrected chi connectivity index (χ0v) is 36.7. The van der Waals surface area contributed by atoms with Gasteiger partial charge >= 0.3 is 17.9 Å². The van der Waals surface area contributed by atoms with E-state index in [0.29, 0.717) is 19.3 Å². The number of hydrogen-bond acceptors (Lipinski definition) is 6. The van der Waals surface area contributed by atoms with E-state index in [9.17, 15) is 14.4 Å². The molecule has 6 heteroatoms. The first-order valence-corrected chi connectivity index (χ1v) is 23.8. The smallest absolute Gasteiger partial charge is 0.306 e. The van der Waals surface area contributed by atoms with Crippen molar-refractivity contribution in [1.82, 2.24) is 0 Å². The molecule has 0 aromatic heterocycles. The van der Waals surface area contributed by atoms with Crippen LogP contribution in [-0.4, -0.2) is 37.2 Å². The summed E-state index contributed by atoms with van der Waals surface area (Å²) in [6.07, 6.45) is 48.7. The molecule has 0 rings (SSSR count). The Balaban J connectivity index is 4.35. The molecular weight excluding hydrogens is 685 g/mol. The van der Waals surface area contributed by atoms with Crippen molar-refractivity contribution >= 4 is 17.9 Å². The van der Waals surface area contributed by atoms with Gasteiger partial charge in [-0.3, -0.25) is 14.4 Å². The Kier molecular flexibility index (Phi) is 42.9. The van der Waals surface area contributed by atoms with E-state index in [1.54, 1.807) is 0 Å². The highest BCUT2D eigenvalue weighted by Gasteiger charge is 2.19. The number of esters is 3. The van der Waals surface area contributed by atoms with E-state index in [2.05, 4.69) is 45.1 Å². The molecule has 0 aromatic rings. The number of allylic oxidation sites excluding steroid dienone is 4. The maximum Gasteiger partial charge on any atom is 0.306 e. The molecule has 0 aromatic carbocycles. The third kappa shape index (κ3) is 42.9. The zero-order valence-electron chi connectivity index (χ0n) is 36.7. The summed E-state index contributed by atoms with van der Waals surface area (Å²) in [5, 5.41) is 0.